The van der Waals surface area contributed by atoms with E-state index in [1.807, 2.05) is 31.2 Å². The Bertz CT molecular complexity index is 514. The molecule has 4 heteroatoms. The van der Waals surface area contributed by atoms with Crippen LogP contribution in [0.4, 0.5) is 0 Å². The summed E-state index contributed by atoms with van der Waals surface area (Å²) in [6.07, 6.45) is 4.27. The van der Waals surface area contributed by atoms with E-state index in [1.54, 1.807) is 12.4 Å². The van der Waals surface area contributed by atoms with Crippen LogP contribution in [0.2, 0.25) is 5.02 Å². The van der Waals surface area contributed by atoms with E-state index in [2.05, 4.69) is 16.5 Å². The summed E-state index contributed by atoms with van der Waals surface area (Å²) in [6, 6.07) is 10.0. The number of hydrogen-bond acceptors (Lipinski definition) is 3. The maximum atomic E-state index is 6.24. The van der Waals surface area contributed by atoms with Gasteiger partial charge in [0.25, 0.3) is 0 Å². The van der Waals surface area contributed by atoms with Gasteiger partial charge in [-0.2, -0.15) is 0 Å². The van der Waals surface area contributed by atoms with Crippen molar-refractivity contribution in [1.82, 2.24) is 10.4 Å². The summed E-state index contributed by atoms with van der Waals surface area (Å²) < 4.78 is 0. The SMILES string of the molecule is Cc1ccc(CC(NN)c2ccncc2)c(Cl)c1. The van der Waals surface area contributed by atoms with E-state index in [4.69, 9.17) is 17.4 Å². The molecule has 1 aromatic heterocycles. The molecule has 0 fully saturated rings. The van der Waals surface area contributed by atoms with E-state index in [0.29, 0.717) is 0 Å². The summed E-state index contributed by atoms with van der Waals surface area (Å²) in [5.74, 6) is 5.62. The summed E-state index contributed by atoms with van der Waals surface area (Å²) in [4.78, 5) is 4.00. The molecule has 0 bridgehead atoms. The van der Waals surface area contributed by atoms with Gasteiger partial charge in [0.15, 0.2) is 0 Å². The van der Waals surface area contributed by atoms with Crippen LogP contribution in [-0.2, 0) is 6.42 Å². The van der Waals surface area contributed by atoms with Gasteiger partial charge in [0.2, 0.25) is 0 Å². The Kier molecular flexibility index (Phi) is 4.31. The van der Waals surface area contributed by atoms with Crippen LogP contribution in [0.3, 0.4) is 0 Å². The van der Waals surface area contributed by atoms with Crippen molar-refractivity contribution in [2.45, 2.75) is 19.4 Å². The van der Waals surface area contributed by atoms with Gasteiger partial charge < -0.3 is 0 Å². The first-order chi connectivity index (χ1) is 8.70. The number of nitrogens with zero attached hydrogens (tertiary/aromatic N) is 1. The van der Waals surface area contributed by atoms with Crippen LogP contribution in [0.25, 0.3) is 0 Å². The zero-order valence-corrected chi connectivity index (χ0v) is 11.0. The summed E-state index contributed by atoms with van der Waals surface area (Å²) in [6.45, 7) is 2.02. The van der Waals surface area contributed by atoms with Crippen LogP contribution in [0.5, 0.6) is 0 Å². The van der Waals surface area contributed by atoms with Gasteiger partial charge in [-0.1, -0.05) is 23.7 Å². The highest BCUT2D eigenvalue weighted by atomic mass is 35.5. The highest BCUT2D eigenvalue weighted by molar-refractivity contribution is 6.31. The fraction of sp³-hybridized carbons (Fsp3) is 0.214. The Balaban J connectivity index is 2.21. The minimum Gasteiger partial charge on any atom is -0.271 e. The van der Waals surface area contributed by atoms with Crippen molar-refractivity contribution in [1.29, 1.82) is 0 Å². The predicted molar refractivity (Wildman–Crippen MR) is 74.2 cm³/mol. The van der Waals surface area contributed by atoms with Gasteiger partial charge in [0.1, 0.15) is 0 Å². The Hall–Kier alpha value is -1.42. The van der Waals surface area contributed by atoms with Crippen molar-refractivity contribution in [2.75, 3.05) is 0 Å². The number of benzene rings is 1. The molecule has 0 saturated carbocycles. The molecular formula is C14H16ClN3. The van der Waals surface area contributed by atoms with E-state index in [1.165, 1.54) is 0 Å². The fourth-order valence-electron chi connectivity index (χ4n) is 1.91. The molecular weight excluding hydrogens is 246 g/mol. The molecule has 0 aliphatic rings. The standard InChI is InChI=1S/C14H16ClN3/c1-10-2-3-12(13(15)8-10)9-14(18-16)11-4-6-17-7-5-11/h2-8,14,18H,9,16H2,1H3. The van der Waals surface area contributed by atoms with Gasteiger partial charge in [-0.05, 0) is 48.2 Å². The summed E-state index contributed by atoms with van der Waals surface area (Å²) >= 11 is 6.24. The molecule has 0 saturated heterocycles. The number of rotatable bonds is 4. The topological polar surface area (TPSA) is 50.9 Å². The van der Waals surface area contributed by atoms with Gasteiger partial charge in [-0.15, -0.1) is 0 Å². The quantitative estimate of drug-likeness (QED) is 0.657. The second kappa shape index (κ2) is 5.96. The summed E-state index contributed by atoms with van der Waals surface area (Å²) in [7, 11) is 0. The van der Waals surface area contributed by atoms with E-state index in [9.17, 15) is 0 Å². The number of aryl methyl sites for hydroxylation is 1. The van der Waals surface area contributed by atoms with E-state index >= 15 is 0 Å². The monoisotopic (exact) mass is 261 g/mol. The molecule has 0 aliphatic carbocycles. The van der Waals surface area contributed by atoms with Crippen molar-refractivity contribution in [3.63, 3.8) is 0 Å². The normalized spacial score (nSPS) is 12.4. The van der Waals surface area contributed by atoms with Gasteiger partial charge in [0, 0.05) is 17.4 Å². The van der Waals surface area contributed by atoms with Gasteiger partial charge in [-0.25, -0.2) is 0 Å². The number of hydrazine groups is 1. The van der Waals surface area contributed by atoms with Gasteiger partial charge in [-0.3, -0.25) is 16.3 Å². The van der Waals surface area contributed by atoms with Crippen molar-refractivity contribution in [3.05, 3.63) is 64.4 Å². The van der Waals surface area contributed by atoms with Crippen LogP contribution in [-0.4, -0.2) is 4.98 Å². The van der Waals surface area contributed by atoms with E-state index < -0.39 is 0 Å². The molecule has 0 amide bonds. The van der Waals surface area contributed by atoms with Crippen molar-refractivity contribution in [3.8, 4) is 0 Å². The third-order valence-electron chi connectivity index (χ3n) is 2.94. The molecule has 1 heterocycles. The molecule has 0 radical (unpaired) electrons. The van der Waals surface area contributed by atoms with Crippen LogP contribution >= 0.6 is 11.6 Å². The van der Waals surface area contributed by atoms with Crippen LogP contribution in [0, 0.1) is 6.92 Å². The lowest BCUT2D eigenvalue weighted by Crippen LogP contribution is -2.29. The second-order valence-corrected chi connectivity index (χ2v) is 4.71. The maximum Gasteiger partial charge on any atom is 0.0501 e. The molecule has 3 nitrogen and oxygen atoms in total. The Labute approximate surface area is 112 Å². The number of pyridine rings is 1. The smallest absolute Gasteiger partial charge is 0.0501 e. The third-order valence-corrected chi connectivity index (χ3v) is 3.29. The number of aromatic nitrogens is 1. The van der Waals surface area contributed by atoms with Crippen molar-refractivity contribution in [2.24, 2.45) is 5.84 Å². The second-order valence-electron chi connectivity index (χ2n) is 4.30. The lowest BCUT2D eigenvalue weighted by Gasteiger charge is -2.17. The zero-order chi connectivity index (χ0) is 13.0. The molecule has 0 spiro atoms. The first-order valence-corrected chi connectivity index (χ1v) is 6.19. The summed E-state index contributed by atoms with van der Waals surface area (Å²) in [5.41, 5.74) is 6.17. The fourth-order valence-corrected chi connectivity index (χ4v) is 2.22. The third kappa shape index (κ3) is 3.07. The lowest BCUT2D eigenvalue weighted by atomic mass is 9.99. The average Bonchev–Trinajstić information content (AvgIpc) is 2.39. The first-order valence-electron chi connectivity index (χ1n) is 5.82. The highest BCUT2D eigenvalue weighted by Crippen LogP contribution is 2.23. The van der Waals surface area contributed by atoms with Gasteiger partial charge >= 0.3 is 0 Å². The van der Waals surface area contributed by atoms with Crippen LogP contribution in [0.1, 0.15) is 22.7 Å². The Morgan fingerprint density at radius 1 is 1.28 bits per heavy atom. The predicted octanol–water partition coefficient (Wildman–Crippen LogP) is 2.79. The highest BCUT2D eigenvalue weighted by Gasteiger charge is 2.12. The first kappa shape index (κ1) is 13.0. The van der Waals surface area contributed by atoms with Crippen molar-refractivity contribution < 1.29 is 0 Å². The minimum absolute atomic E-state index is 0.0354. The lowest BCUT2D eigenvalue weighted by molar-refractivity contribution is 0.551. The van der Waals surface area contributed by atoms with E-state index in [-0.39, 0.29) is 6.04 Å². The number of nitrogens with two attached hydrogens (primary N) is 1. The molecule has 1 aromatic carbocycles. The maximum absolute atomic E-state index is 6.24. The Morgan fingerprint density at radius 3 is 2.61 bits per heavy atom. The molecule has 0 aliphatic heterocycles. The molecule has 94 valence electrons. The number of hydrogen-bond donors (Lipinski definition) is 2. The molecule has 1 atom stereocenters. The molecule has 1 unspecified atom stereocenters. The largest absolute Gasteiger partial charge is 0.271 e. The molecule has 2 rings (SSSR count). The zero-order valence-electron chi connectivity index (χ0n) is 10.2. The number of halogens is 1. The van der Waals surface area contributed by atoms with Crippen molar-refractivity contribution >= 4 is 11.6 Å². The van der Waals surface area contributed by atoms with Crippen LogP contribution < -0.4 is 11.3 Å². The number of nitrogens with one attached hydrogen (secondary N) is 1. The minimum atomic E-state index is 0.0354. The molecule has 3 N–H and O–H groups in total. The van der Waals surface area contributed by atoms with Crippen LogP contribution in [0.15, 0.2) is 42.7 Å². The van der Waals surface area contributed by atoms with E-state index in [0.717, 1.165) is 28.1 Å². The average molecular weight is 262 g/mol. The summed E-state index contributed by atoms with van der Waals surface area (Å²) in [5, 5.41) is 0.782. The Morgan fingerprint density at radius 2 is 2.00 bits per heavy atom. The molecule has 18 heavy (non-hydrogen) atoms. The van der Waals surface area contributed by atoms with Gasteiger partial charge in [0.05, 0.1) is 6.04 Å². The molecule has 2 aromatic rings.